The minimum absolute atomic E-state index is 0.272. The molecule has 0 radical (unpaired) electrons. The van der Waals surface area contributed by atoms with Crippen LogP contribution in [0.15, 0.2) is 36.5 Å². The second-order valence-electron chi connectivity index (χ2n) is 5.26. The molecule has 0 spiro atoms. The van der Waals surface area contributed by atoms with Crippen LogP contribution in [0.2, 0.25) is 0 Å². The quantitative estimate of drug-likeness (QED) is 0.790. The Morgan fingerprint density at radius 3 is 2.86 bits per heavy atom. The SMILES string of the molecule is Fc1ccc2c(-c3ccnc(N4CCOCC4)c3)n[nH]c2c1. The molecular formula is C16H15FN4O. The Morgan fingerprint density at radius 1 is 1.14 bits per heavy atom. The number of pyridine rings is 1. The molecule has 2 aromatic heterocycles. The maximum atomic E-state index is 13.3. The standard InChI is InChI=1S/C16H15FN4O/c17-12-1-2-13-14(10-12)19-20-16(13)11-3-4-18-15(9-11)21-5-7-22-8-6-21/h1-4,9-10H,5-8H2,(H,19,20). The first kappa shape index (κ1) is 13.2. The third-order valence-corrected chi connectivity index (χ3v) is 3.88. The molecule has 1 aliphatic heterocycles. The summed E-state index contributed by atoms with van der Waals surface area (Å²) in [6.45, 7) is 3.11. The van der Waals surface area contributed by atoms with Crippen LogP contribution in [0.25, 0.3) is 22.2 Å². The number of H-pyrrole nitrogens is 1. The van der Waals surface area contributed by atoms with Gasteiger partial charge in [0.05, 0.1) is 18.7 Å². The van der Waals surface area contributed by atoms with E-state index in [1.807, 2.05) is 12.1 Å². The van der Waals surface area contributed by atoms with Gasteiger partial charge in [0.1, 0.15) is 17.3 Å². The summed E-state index contributed by atoms with van der Waals surface area (Å²) in [7, 11) is 0. The Bertz CT molecular complexity index is 811. The third-order valence-electron chi connectivity index (χ3n) is 3.88. The summed E-state index contributed by atoms with van der Waals surface area (Å²) in [5.74, 6) is 0.644. The van der Waals surface area contributed by atoms with Gasteiger partial charge in [0.15, 0.2) is 0 Å². The number of rotatable bonds is 2. The molecule has 3 aromatic rings. The number of aromatic amines is 1. The predicted molar refractivity (Wildman–Crippen MR) is 82.3 cm³/mol. The lowest BCUT2D eigenvalue weighted by Gasteiger charge is -2.27. The largest absolute Gasteiger partial charge is 0.378 e. The van der Waals surface area contributed by atoms with Crippen molar-refractivity contribution in [1.82, 2.24) is 15.2 Å². The van der Waals surface area contributed by atoms with Crippen LogP contribution in [-0.4, -0.2) is 41.5 Å². The Labute approximate surface area is 126 Å². The van der Waals surface area contributed by atoms with Crippen LogP contribution in [0.4, 0.5) is 10.2 Å². The maximum absolute atomic E-state index is 13.3. The van der Waals surface area contributed by atoms with Crippen LogP contribution >= 0.6 is 0 Å². The number of hydrogen-bond donors (Lipinski definition) is 1. The van der Waals surface area contributed by atoms with Gasteiger partial charge in [-0.3, -0.25) is 5.10 Å². The van der Waals surface area contributed by atoms with E-state index in [2.05, 4.69) is 20.1 Å². The average molecular weight is 298 g/mol. The normalized spacial score (nSPS) is 15.4. The zero-order chi connectivity index (χ0) is 14.9. The molecule has 0 amide bonds. The summed E-state index contributed by atoms with van der Waals surface area (Å²) in [6.07, 6.45) is 1.78. The van der Waals surface area contributed by atoms with Crippen LogP contribution in [0.3, 0.4) is 0 Å². The summed E-state index contributed by atoms with van der Waals surface area (Å²) < 4.78 is 18.6. The fourth-order valence-corrected chi connectivity index (χ4v) is 2.74. The van der Waals surface area contributed by atoms with E-state index in [1.165, 1.54) is 12.1 Å². The first-order valence-electron chi connectivity index (χ1n) is 7.24. The Kier molecular flexibility index (Phi) is 3.23. The fourth-order valence-electron chi connectivity index (χ4n) is 2.74. The van der Waals surface area contributed by atoms with E-state index in [0.29, 0.717) is 5.52 Å². The Hall–Kier alpha value is -2.47. The molecule has 22 heavy (non-hydrogen) atoms. The molecule has 1 N–H and O–H groups in total. The van der Waals surface area contributed by atoms with E-state index in [-0.39, 0.29) is 5.82 Å². The van der Waals surface area contributed by atoms with Gasteiger partial charge < -0.3 is 9.64 Å². The number of nitrogens with zero attached hydrogens (tertiary/aromatic N) is 3. The van der Waals surface area contributed by atoms with Crippen molar-refractivity contribution >= 4 is 16.7 Å². The second kappa shape index (κ2) is 5.38. The number of halogens is 1. The highest BCUT2D eigenvalue weighted by molar-refractivity contribution is 5.93. The number of fused-ring (bicyclic) bond motifs is 1. The van der Waals surface area contributed by atoms with Gasteiger partial charge in [-0.15, -0.1) is 0 Å². The fraction of sp³-hybridized carbons (Fsp3) is 0.250. The highest BCUT2D eigenvalue weighted by Crippen LogP contribution is 2.28. The monoisotopic (exact) mass is 298 g/mol. The molecule has 0 atom stereocenters. The molecular weight excluding hydrogens is 283 g/mol. The zero-order valence-electron chi connectivity index (χ0n) is 11.9. The number of benzene rings is 1. The molecule has 0 unspecified atom stereocenters. The Balaban J connectivity index is 1.75. The van der Waals surface area contributed by atoms with Crippen LogP contribution in [0.5, 0.6) is 0 Å². The predicted octanol–water partition coefficient (Wildman–Crippen LogP) is 2.60. The van der Waals surface area contributed by atoms with Crippen molar-refractivity contribution < 1.29 is 9.13 Å². The maximum Gasteiger partial charge on any atom is 0.129 e. The molecule has 1 aliphatic rings. The van der Waals surface area contributed by atoms with Gasteiger partial charge in [0.25, 0.3) is 0 Å². The molecule has 3 heterocycles. The molecule has 1 fully saturated rings. The topological polar surface area (TPSA) is 54.0 Å². The lowest BCUT2D eigenvalue weighted by Crippen LogP contribution is -2.36. The van der Waals surface area contributed by atoms with E-state index in [9.17, 15) is 4.39 Å². The number of morpholine rings is 1. The van der Waals surface area contributed by atoms with Gasteiger partial charge in [0, 0.05) is 30.2 Å². The second-order valence-corrected chi connectivity index (χ2v) is 5.26. The summed E-state index contributed by atoms with van der Waals surface area (Å²) in [4.78, 5) is 6.64. The molecule has 0 bridgehead atoms. The summed E-state index contributed by atoms with van der Waals surface area (Å²) in [6, 6.07) is 8.59. The van der Waals surface area contributed by atoms with Crippen molar-refractivity contribution in [3.63, 3.8) is 0 Å². The van der Waals surface area contributed by atoms with Gasteiger partial charge in [-0.2, -0.15) is 5.10 Å². The van der Waals surface area contributed by atoms with Crippen molar-refractivity contribution in [2.45, 2.75) is 0 Å². The van der Waals surface area contributed by atoms with Crippen molar-refractivity contribution in [3.05, 3.63) is 42.3 Å². The van der Waals surface area contributed by atoms with Gasteiger partial charge in [-0.05, 0) is 30.3 Å². The molecule has 1 aromatic carbocycles. The molecule has 6 heteroatoms. The van der Waals surface area contributed by atoms with Gasteiger partial charge in [0.2, 0.25) is 0 Å². The smallest absolute Gasteiger partial charge is 0.129 e. The highest BCUT2D eigenvalue weighted by atomic mass is 19.1. The lowest BCUT2D eigenvalue weighted by atomic mass is 10.1. The summed E-state index contributed by atoms with van der Waals surface area (Å²) >= 11 is 0. The molecule has 1 saturated heterocycles. The zero-order valence-corrected chi connectivity index (χ0v) is 11.9. The van der Waals surface area contributed by atoms with Crippen molar-refractivity contribution in [2.75, 3.05) is 31.2 Å². The third kappa shape index (κ3) is 2.31. The van der Waals surface area contributed by atoms with Gasteiger partial charge >= 0.3 is 0 Å². The minimum atomic E-state index is -0.272. The van der Waals surface area contributed by atoms with Crippen LogP contribution in [-0.2, 0) is 4.74 Å². The highest BCUT2D eigenvalue weighted by Gasteiger charge is 2.15. The molecule has 4 rings (SSSR count). The Morgan fingerprint density at radius 2 is 2.00 bits per heavy atom. The molecule has 112 valence electrons. The van der Waals surface area contributed by atoms with Gasteiger partial charge in [-0.1, -0.05) is 0 Å². The minimum Gasteiger partial charge on any atom is -0.378 e. The van der Waals surface area contributed by atoms with Crippen LogP contribution < -0.4 is 4.90 Å². The lowest BCUT2D eigenvalue weighted by molar-refractivity contribution is 0.122. The number of hydrogen-bond acceptors (Lipinski definition) is 4. The number of ether oxygens (including phenoxy) is 1. The van der Waals surface area contributed by atoms with E-state index >= 15 is 0 Å². The van der Waals surface area contributed by atoms with Crippen molar-refractivity contribution in [2.24, 2.45) is 0 Å². The van der Waals surface area contributed by atoms with Crippen LogP contribution in [0.1, 0.15) is 0 Å². The van der Waals surface area contributed by atoms with Crippen molar-refractivity contribution in [1.29, 1.82) is 0 Å². The summed E-state index contributed by atoms with van der Waals surface area (Å²) in [5, 5.41) is 8.12. The van der Waals surface area contributed by atoms with E-state index in [1.54, 1.807) is 12.3 Å². The number of nitrogens with one attached hydrogen (secondary N) is 1. The number of anilines is 1. The molecule has 0 aliphatic carbocycles. The number of aromatic nitrogens is 3. The van der Waals surface area contributed by atoms with Crippen molar-refractivity contribution in [3.8, 4) is 11.3 Å². The van der Waals surface area contributed by atoms with Gasteiger partial charge in [-0.25, -0.2) is 9.37 Å². The molecule has 0 saturated carbocycles. The van der Waals surface area contributed by atoms with E-state index in [4.69, 9.17) is 4.74 Å². The van der Waals surface area contributed by atoms with E-state index in [0.717, 1.165) is 48.8 Å². The first-order chi connectivity index (χ1) is 10.8. The first-order valence-corrected chi connectivity index (χ1v) is 7.24. The molecule has 5 nitrogen and oxygen atoms in total. The van der Waals surface area contributed by atoms with E-state index < -0.39 is 0 Å². The summed E-state index contributed by atoms with van der Waals surface area (Å²) in [5.41, 5.74) is 2.47. The average Bonchev–Trinajstić information content (AvgIpc) is 2.99. The van der Waals surface area contributed by atoms with Crippen LogP contribution in [0, 0.1) is 5.82 Å².